The van der Waals surface area contributed by atoms with E-state index in [0.29, 0.717) is 6.10 Å². The summed E-state index contributed by atoms with van der Waals surface area (Å²) in [5.41, 5.74) is 2.32. The number of rotatable bonds is 2. The summed E-state index contributed by atoms with van der Waals surface area (Å²) in [5, 5.41) is 0. The van der Waals surface area contributed by atoms with E-state index in [1.165, 1.54) is 12.8 Å². The molecule has 1 heterocycles. The first-order valence-electron chi connectivity index (χ1n) is 6.86. The summed E-state index contributed by atoms with van der Waals surface area (Å²) < 4.78 is 5.99. The van der Waals surface area contributed by atoms with E-state index in [0.717, 1.165) is 17.1 Å². The van der Waals surface area contributed by atoms with Crippen molar-refractivity contribution in [3.63, 3.8) is 0 Å². The Balaban J connectivity index is 2.41. The van der Waals surface area contributed by atoms with Crippen LogP contribution in [0.5, 0.6) is 5.75 Å². The fraction of sp³-hybridized carbons (Fsp3) is 0.688. The van der Waals surface area contributed by atoms with Crippen LogP contribution in [0, 0.1) is 0 Å². The molecule has 0 unspecified atom stereocenters. The third kappa shape index (κ3) is 3.04. The van der Waals surface area contributed by atoms with E-state index in [4.69, 9.17) is 9.72 Å². The lowest BCUT2D eigenvalue weighted by atomic mass is 9.87. The van der Waals surface area contributed by atoms with Crippen LogP contribution in [0.2, 0.25) is 0 Å². The maximum Gasteiger partial charge on any atom is 0.141 e. The molecule has 0 spiro atoms. The zero-order valence-corrected chi connectivity index (χ0v) is 12.5. The van der Waals surface area contributed by atoms with Crippen molar-refractivity contribution in [1.29, 1.82) is 0 Å². The Bertz CT molecular complexity index is 433. The second-order valence-corrected chi connectivity index (χ2v) is 7.36. The Hall–Kier alpha value is -1.05. The van der Waals surface area contributed by atoms with Crippen LogP contribution in [0.25, 0.3) is 0 Å². The van der Waals surface area contributed by atoms with Crippen LogP contribution in [-0.2, 0) is 10.8 Å². The Kier molecular flexibility index (Phi) is 3.16. The van der Waals surface area contributed by atoms with Gasteiger partial charge >= 0.3 is 0 Å². The minimum absolute atomic E-state index is 0.0193. The van der Waals surface area contributed by atoms with Crippen LogP contribution in [0.1, 0.15) is 65.8 Å². The molecule has 0 N–H and O–H groups in total. The van der Waals surface area contributed by atoms with Gasteiger partial charge in [0, 0.05) is 16.5 Å². The highest BCUT2D eigenvalue weighted by atomic mass is 16.5. The molecule has 2 heteroatoms. The monoisotopic (exact) mass is 247 g/mol. The van der Waals surface area contributed by atoms with Crippen LogP contribution < -0.4 is 4.74 Å². The van der Waals surface area contributed by atoms with E-state index in [2.05, 4.69) is 53.7 Å². The summed E-state index contributed by atoms with van der Waals surface area (Å²) in [5.74, 6) is 0.970. The molecule has 1 saturated carbocycles. The van der Waals surface area contributed by atoms with Crippen molar-refractivity contribution in [2.24, 2.45) is 0 Å². The van der Waals surface area contributed by atoms with Gasteiger partial charge in [0.2, 0.25) is 0 Å². The highest BCUT2D eigenvalue weighted by Crippen LogP contribution is 2.35. The van der Waals surface area contributed by atoms with Crippen molar-refractivity contribution < 1.29 is 4.74 Å². The number of nitrogens with zero attached hydrogens (tertiary/aromatic N) is 1. The van der Waals surface area contributed by atoms with Crippen molar-refractivity contribution in [3.05, 3.63) is 23.5 Å². The molecule has 0 radical (unpaired) electrons. The smallest absolute Gasteiger partial charge is 0.141 e. The van der Waals surface area contributed by atoms with Gasteiger partial charge in [-0.1, -0.05) is 41.5 Å². The molecule has 0 atom stereocenters. The van der Waals surface area contributed by atoms with Crippen molar-refractivity contribution in [1.82, 2.24) is 4.98 Å². The molecule has 0 bridgehead atoms. The van der Waals surface area contributed by atoms with Crippen molar-refractivity contribution in [3.8, 4) is 5.75 Å². The molecule has 2 rings (SSSR count). The first-order valence-corrected chi connectivity index (χ1v) is 6.86. The molecule has 1 aliphatic rings. The molecular weight excluding hydrogens is 222 g/mol. The summed E-state index contributed by atoms with van der Waals surface area (Å²) in [6, 6.07) is 4.21. The fourth-order valence-electron chi connectivity index (χ4n) is 1.86. The number of ether oxygens (including phenoxy) is 1. The first-order chi connectivity index (χ1) is 8.18. The van der Waals surface area contributed by atoms with E-state index in [-0.39, 0.29) is 10.8 Å². The average molecular weight is 247 g/mol. The maximum absolute atomic E-state index is 5.99. The predicted molar refractivity (Wildman–Crippen MR) is 75.3 cm³/mol. The summed E-state index contributed by atoms with van der Waals surface area (Å²) in [6.45, 7) is 13.2. The maximum atomic E-state index is 5.99. The van der Waals surface area contributed by atoms with Gasteiger partial charge in [-0.25, -0.2) is 0 Å². The minimum Gasteiger partial charge on any atom is -0.488 e. The molecule has 1 aliphatic carbocycles. The molecule has 18 heavy (non-hydrogen) atoms. The van der Waals surface area contributed by atoms with Crippen molar-refractivity contribution in [2.75, 3.05) is 0 Å². The quantitative estimate of drug-likeness (QED) is 0.780. The Labute approximate surface area is 111 Å². The lowest BCUT2D eigenvalue weighted by Gasteiger charge is -2.25. The molecule has 0 saturated heterocycles. The topological polar surface area (TPSA) is 22.1 Å². The molecule has 100 valence electrons. The number of hydrogen-bond donors (Lipinski definition) is 0. The molecular formula is C16H25NO. The number of aromatic nitrogens is 1. The lowest BCUT2D eigenvalue weighted by Crippen LogP contribution is -2.21. The van der Waals surface area contributed by atoms with Gasteiger partial charge in [0.15, 0.2) is 0 Å². The Morgan fingerprint density at radius 3 is 2.06 bits per heavy atom. The lowest BCUT2D eigenvalue weighted by molar-refractivity contribution is 0.291. The molecule has 1 aromatic rings. The van der Waals surface area contributed by atoms with Crippen LogP contribution in [-0.4, -0.2) is 11.1 Å². The molecule has 0 aromatic carbocycles. The Morgan fingerprint density at radius 1 is 1.00 bits per heavy atom. The summed E-state index contributed by atoms with van der Waals surface area (Å²) >= 11 is 0. The van der Waals surface area contributed by atoms with Gasteiger partial charge in [-0.05, 0) is 25.0 Å². The van der Waals surface area contributed by atoms with Crippen LogP contribution in [0.4, 0.5) is 0 Å². The van der Waals surface area contributed by atoms with E-state index in [9.17, 15) is 0 Å². The summed E-state index contributed by atoms with van der Waals surface area (Å²) in [4.78, 5) is 4.87. The highest BCUT2D eigenvalue weighted by molar-refractivity contribution is 5.36. The van der Waals surface area contributed by atoms with Crippen molar-refractivity contribution in [2.45, 2.75) is 71.3 Å². The SMILES string of the molecule is CC(C)(C)c1ccc(OC2CC2)c(C(C)(C)C)n1. The summed E-state index contributed by atoms with van der Waals surface area (Å²) in [6.07, 6.45) is 2.79. The van der Waals surface area contributed by atoms with Gasteiger partial charge in [-0.2, -0.15) is 0 Å². The second kappa shape index (κ2) is 4.25. The van der Waals surface area contributed by atoms with Crippen molar-refractivity contribution >= 4 is 0 Å². The van der Waals surface area contributed by atoms with Gasteiger partial charge in [-0.15, -0.1) is 0 Å². The van der Waals surface area contributed by atoms with E-state index in [1.807, 2.05) is 0 Å². The van der Waals surface area contributed by atoms with E-state index < -0.39 is 0 Å². The second-order valence-electron chi connectivity index (χ2n) is 7.36. The predicted octanol–water partition coefficient (Wildman–Crippen LogP) is 4.22. The van der Waals surface area contributed by atoms with E-state index in [1.54, 1.807) is 0 Å². The van der Waals surface area contributed by atoms with E-state index >= 15 is 0 Å². The fourth-order valence-corrected chi connectivity index (χ4v) is 1.86. The van der Waals surface area contributed by atoms with Crippen LogP contribution in [0.15, 0.2) is 12.1 Å². The number of pyridine rings is 1. The minimum atomic E-state index is 0.0193. The molecule has 2 nitrogen and oxygen atoms in total. The van der Waals surface area contributed by atoms with Gasteiger partial charge in [0.25, 0.3) is 0 Å². The third-order valence-corrected chi connectivity index (χ3v) is 3.16. The average Bonchev–Trinajstić information content (AvgIpc) is 2.98. The molecule has 0 aliphatic heterocycles. The third-order valence-electron chi connectivity index (χ3n) is 3.16. The standard InChI is InChI=1S/C16H25NO/c1-15(2,3)13-10-9-12(18-11-7-8-11)14(17-13)16(4,5)6/h9-11H,7-8H2,1-6H3. The zero-order chi connectivity index (χ0) is 13.6. The van der Waals surface area contributed by atoms with Crippen LogP contribution >= 0.6 is 0 Å². The Morgan fingerprint density at radius 2 is 1.61 bits per heavy atom. The molecule has 0 amide bonds. The first kappa shape index (κ1) is 13.4. The highest BCUT2D eigenvalue weighted by Gasteiger charge is 2.29. The number of hydrogen-bond acceptors (Lipinski definition) is 2. The van der Waals surface area contributed by atoms with Gasteiger partial charge < -0.3 is 4.74 Å². The van der Waals surface area contributed by atoms with Crippen LogP contribution in [0.3, 0.4) is 0 Å². The van der Waals surface area contributed by atoms with Gasteiger partial charge in [0.1, 0.15) is 5.75 Å². The summed E-state index contributed by atoms with van der Waals surface area (Å²) in [7, 11) is 0. The van der Waals surface area contributed by atoms with Gasteiger partial charge in [-0.3, -0.25) is 4.98 Å². The largest absolute Gasteiger partial charge is 0.488 e. The van der Waals surface area contributed by atoms with Gasteiger partial charge in [0.05, 0.1) is 11.8 Å². The molecule has 1 aromatic heterocycles. The zero-order valence-electron chi connectivity index (χ0n) is 12.5. The molecule has 1 fully saturated rings. The normalized spacial score (nSPS) is 16.8.